The molecule has 0 aromatic carbocycles. The van der Waals surface area contributed by atoms with Gasteiger partial charge < -0.3 is 0 Å². The van der Waals surface area contributed by atoms with Crippen LogP contribution < -0.4 is 0 Å². The number of nitrogens with one attached hydrogen (secondary N) is 1. The average molecular weight is 322 g/mol. The summed E-state index contributed by atoms with van der Waals surface area (Å²) in [6.07, 6.45) is -0.477. The molecule has 0 fully saturated rings. The lowest BCUT2D eigenvalue weighted by Gasteiger charge is -2.07. The Balaban J connectivity index is 2.10. The zero-order valence-corrected chi connectivity index (χ0v) is 12.3. The van der Waals surface area contributed by atoms with Crippen LogP contribution >= 0.6 is 0 Å². The van der Waals surface area contributed by atoms with Crippen LogP contribution in [0.3, 0.4) is 0 Å². The van der Waals surface area contributed by atoms with Gasteiger partial charge in [0.2, 0.25) is 0 Å². The fraction of sp³-hybridized carbons (Fsp3) is 0.267. The van der Waals surface area contributed by atoms with Crippen molar-refractivity contribution in [1.29, 1.82) is 0 Å². The number of halogens is 3. The molecule has 3 heterocycles. The summed E-state index contributed by atoms with van der Waals surface area (Å²) in [6, 6.07) is 3.11. The Morgan fingerprint density at radius 1 is 1.30 bits per heavy atom. The molecule has 0 spiro atoms. The number of H-pyrrole nitrogens is 1. The molecule has 0 amide bonds. The summed E-state index contributed by atoms with van der Waals surface area (Å²) >= 11 is 0. The second-order valence-corrected chi connectivity index (χ2v) is 5.47. The third kappa shape index (κ3) is 2.60. The summed E-state index contributed by atoms with van der Waals surface area (Å²) in [6.45, 7) is 3.56. The first-order chi connectivity index (χ1) is 10.8. The minimum absolute atomic E-state index is 0.0629. The molecule has 5 nitrogen and oxygen atoms in total. The molecule has 0 aliphatic carbocycles. The summed E-state index contributed by atoms with van der Waals surface area (Å²) in [5, 5.41) is 9.57. The molecule has 0 saturated carbocycles. The Hall–Kier alpha value is -2.64. The van der Waals surface area contributed by atoms with Crippen molar-refractivity contribution in [3.8, 4) is 11.1 Å². The normalized spacial score (nSPS) is 12.3. The summed E-state index contributed by atoms with van der Waals surface area (Å²) in [5.41, 5.74) is 0.277. The number of nitrogens with zero attached hydrogens (tertiary/aromatic N) is 3. The van der Waals surface area contributed by atoms with Gasteiger partial charge in [-0.15, -0.1) is 0 Å². The van der Waals surface area contributed by atoms with E-state index >= 15 is 0 Å². The fourth-order valence-corrected chi connectivity index (χ4v) is 2.37. The monoisotopic (exact) mass is 322 g/mol. The van der Waals surface area contributed by atoms with Crippen LogP contribution in [-0.2, 0) is 6.18 Å². The molecule has 0 radical (unpaired) electrons. The van der Waals surface area contributed by atoms with Gasteiger partial charge in [0.15, 0.2) is 11.5 Å². The minimum Gasteiger partial charge on any atom is -0.294 e. The maximum absolute atomic E-state index is 12.9. The second kappa shape index (κ2) is 5.22. The van der Waals surface area contributed by atoms with Crippen molar-refractivity contribution in [3.05, 3.63) is 42.0 Å². The van der Waals surface area contributed by atoms with Gasteiger partial charge in [0, 0.05) is 29.4 Å². The van der Waals surface area contributed by atoms with Gasteiger partial charge in [-0.25, -0.2) is 4.52 Å². The maximum atomic E-state index is 12.9. The van der Waals surface area contributed by atoms with Crippen molar-refractivity contribution >= 4 is 11.3 Å². The van der Waals surface area contributed by atoms with Crippen LogP contribution in [0.15, 0.2) is 30.7 Å². The van der Waals surface area contributed by atoms with E-state index in [9.17, 15) is 18.0 Å². The number of pyridine rings is 1. The zero-order chi connectivity index (χ0) is 16.8. The average Bonchev–Trinajstić information content (AvgIpc) is 3.11. The van der Waals surface area contributed by atoms with Crippen molar-refractivity contribution in [2.45, 2.75) is 20.0 Å². The lowest BCUT2D eigenvalue weighted by Crippen LogP contribution is -2.08. The van der Waals surface area contributed by atoms with Gasteiger partial charge in [0.05, 0.1) is 17.3 Å². The highest BCUT2D eigenvalue weighted by Gasteiger charge is 2.36. The topological polar surface area (TPSA) is 63.1 Å². The van der Waals surface area contributed by atoms with Crippen molar-refractivity contribution in [3.63, 3.8) is 0 Å². The van der Waals surface area contributed by atoms with Crippen LogP contribution in [0.5, 0.6) is 0 Å². The molecular weight excluding hydrogens is 309 g/mol. The van der Waals surface area contributed by atoms with E-state index in [1.807, 2.05) is 0 Å². The lowest BCUT2D eigenvalue weighted by molar-refractivity contribution is -0.140. The molecule has 23 heavy (non-hydrogen) atoms. The molecule has 120 valence electrons. The number of fused-ring (bicyclic) bond motifs is 1. The maximum Gasteiger partial charge on any atom is 0.435 e. The van der Waals surface area contributed by atoms with Crippen molar-refractivity contribution in [2.75, 3.05) is 0 Å². The van der Waals surface area contributed by atoms with E-state index in [4.69, 9.17) is 0 Å². The summed E-state index contributed by atoms with van der Waals surface area (Å²) in [4.78, 5) is 12.1. The molecule has 0 aliphatic rings. The third-order valence-electron chi connectivity index (χ3n) is 3.53. The number of hydrogen-bond acceptors (Lipinski definition) is 3. The molecule has 0 atom stereocenters. The number of rotatable bonds is 3. The van der Waals surface area contributed by atoms with Gasteiger partial charge in [0.25, 0.3) is 0 Å². The van der Waals surface area contributed by atoms with E-state index in [0.29, 0.717) is 16.6 Å². The Kier molecular flexibility index (Phi) is 3.46. The van der Waals surface area contributed by atoms with Crippen molar-refractivity contribution in [1.82, 2.24) is 19.8 Å². The Morgan fingerprint density at radius 2 is 2.04 bits per heavy atom. The molecule has 0 saturated heterocycles. The Bertz CT molecular complexity index is 876. The summed E-state index contributed by atoms with van der Waals surface area (Å²) < 4.78 is 40.2. The molecule has 0 bridgehead atoms. The number of hydrogen-bond donors (Lipinski definition) is 1. The number of carbonyl (C=O) groups excluding carboxylic acids is 1. The highest BCUT2D eigenvalue weighted by molar-refractivity contribution is 6.03. The zero-order valence-electron chi connectivity index (χ0n) is 12.3. The Labute approximate surface area is 129 Å². The molecule has 3 aromatic heterocycles. The first-order valence-electron chi connectivity index (χ1n) is 6.92. The third-order valence-corrected chi connectivity index (χ3v) is 3.53. The molecule has 0 aliphatic heterocycles. The predicted octanol–water partition coefficient (Wildman–Crippen LogP) is 3.58. The predicted molar refractivity (Wildman–Crippen MR) is 76.9 cm³/mol. The first-order valence-corrected chi connectivity index (χ1v) is 6.92. The molecule has 3 aromatic rings. The molecule has 8 heteroatoms. The number of ketones is 1. The van der Waals surface area contributed by atoms with Gasteiger partial charge in [-0.05, 0) is 6.07 Å². The van der Waals surface area contributed by atoms with Crippen LogP contribution in [0.25, 0.3) is 16.6 Å². The quantitative estimate of drug-likeness (QED) is 0.750. The van der Waals surface area contributed by atoms with E-state index in [1.54, 1.807) is 19.9 Å². The summed E-state index contributed by atoms with van der Waals surface area (Å²) in [7, 11) is 0. The standard InChI is InChI=1S/C15H13F3N4O/c1-8(2)13(23)11-6-20-22-7-9(3-4-12(11)22)10-5-19-21-14(10)15(16,17)18/h3-8H,1-2H3,(H,19,21). The number of carbonyl (C=O) groups is 1. The smallest absolute Gasteiger partial charge is 0.294 e. The van der Waals surface area contributed by atoms with Crippen LogP contribution in [-0.4, -0.2) is 25.6 Å². The number of aromatic nitrogens is 4. The highest BCUT2D eigenvalue weighted by atomic mass is 19.4. The van der Waals surface area contributed by atoms with Crippen LogP contribution in [0.4, 0.5) is 13.2 Å². The number of Topliss-reactive ketones (excluding diaryl/α,β-unsaturated/α-hetero) is 1. The van der Waals surface area contributed by atoms with Crippen LogP contribution in [0.1, 0.15) is 29.9 Å². The second-order valence-electron chi connectivity index (χ2n) is 5.47. The Morgan fingerprint density at radius 3 is 2.70 bits per heavy atom. The van der Waals surface area contributed by atoms with Crippen LogP contribution in [0.2, 0.25) is 0 Å². The van der Waals surface area contributed by atoms with Gasteiger partial charge >= 0.3 is 6.18 Å². The highest BCUT2D eigenvalue weighted by Crippen LogP contribution is 2.35. The van der Waals surface area contributed by atoms with Gasteiger partial charge in [-0.2, -0.15) is 23.4 Å². The van der Waals surface area contributed by atoms with E-state index in [2.05, 4.69) is 15.3 Å². The molecule has 0 unspecified atom stereocenters. The van der Waals surface area contributed by atoms with Crippen LogP contribution in [0, 0.1) is 5.92 Å². The van der Waals surface area contributed by atoms with Gasteiger partial charge in [-0.3, -0.25) is 9.89 Å². The first kappa shape index (κ1) is 15.3. The van der Waals surface area contributed by atoms with E-state index < -0.39 is 11.9 Å². The SMILES string of the molecule is CC(C)C(=O)c1cnn2cc(-c3c[nH]nc3C(F)(F)F)ccc12. The fourth-order valence-electron chi connectivity index (χ4n) is 2.37. The van der Waals surface area contributed by atoms with Gasteiger partial charge in [0.1, 0.15) is 0 Å². The molecular formula is C15H13F3N4O. The van der Waals surface area contributed by atoms with Gasteiger partial charge in [-0.1, -0.05) is 19.9 Å². The summed E-state index contributed by atoms with van der Waals surface area (Å²) in [5.74, 6) is -0.250. The van der Waals surface area contributed by atoms with Crippen molar-refractivity contribution < 1.29 is 18.0 Å². The number of alkyl halides is 3. The van der Waals surface area contributed by atoms with E-state index in [0.717, 1.165) is 0 Å². The van der Waals surface area contributed by atoms with E-state index in [1.165, 1.54) is 29.2 Å². The molecule has 3 rings (SSSR count). The van der Waals surface area contributed by atoms with Crippen molar-refractivity contribution in [2.24, 2.45) is 5.92 Å². The minimum atomic E-state index is -4.55. The largest absolute Gasteiger partial charge is 0.435 e. The van der Waals surface area contributed by atoms with E-state index in [-0.39, 0.29) is 17.3 Å². The number of aromatic amines is 1. The lowest BCUT2D eigenvalue weighted by atomic mass is 10.0. The molecule has 1 N–H and O–H groups in total.